The molecule has 3 rings (SSSR count). The minimum atomic E-state index is -0.162. The van der Waals surface area contributed by atoms with Gasteiger partial charge >= 0.3 is 0 Å². The van der Waals surface area contributed by atoms with E-state index in [1.54, 1.807) is 6.92 Å². The second-order valence-corrected chi connectivity index (χ2v) is 5.71. The molecule has 1 unspecified atom stereocenters. The number of aryl methyl sites for hydroxylation is 1. The third kappa shape index (κ3) is 3.33. The zero-order chi connectivity index (χ0) is 15.4. The van der Waals surface area contributed by atoms with E-state index in [4.69, 9.17) is 0 Å². The van der Waals surface area contributed by atoms with Gasteiger partial charge in [0.1, 0.15) is 0 Å². The van der Waals surface area contributed by atoms with Gasteiger partial charge in [0.2, 0.25) is 0 Å². The first-order valence-electron chi connectivity index (χ1n) is 7.67. The summed E-state index contributed by atoms with van der Waals surface area (Å²) in [5.41, 5.74) is 2.42. The van der Waals surface area contributed by atoms with Crippen LogP contribution in [0.2, 0.25) is 0 Å². The number of nitrogens with zero attached hydrogens (tertiary/aromatic N) is 3. The molecular weight excluding hydrogens is 278 g/mol. The van der Waals surface area contributed by atoms with Gasteiger partial charge in [0.05, 0.1) is 5.69 Å². The molecule has 1 atom stereocenters. The van der Waals surface area contributed by atoms with Gasteiger partial charge in [-0.3, -0.25) is 4.79 Å². The Kier molecular flexibility index (Phi) is 4.48. The van der Waals surface area contributed by atoms with E-state index >= 15 is 0 Å². The number of carbonyl (C=O) groups is 1. The van der Waals surface area contributed by atoms with Gasteiger partial charge in [-0.15, -0.1) is 0 Å². The van der Waals surface area contributed by atoms with Crippen molar-refractivity contribution in [3.8, 4) is 0 Å². The summed E-state index contributed by atoms with van der Waals surface area (Å²) < 4.78 is 0. The predicted octanol–water partition coefficient (Wildman–Crippen LogP) is 1.33. The molecular formula is C16H21N5O. The number of nitrogens with one attached hydrogen (secondary N) is 2. The molecule has 1 saturated heterocycles. The van der Waals surface area contributed by atoms with Gasteiger partial charge in [0, 0.05) is 19.6 Å². The summed E-state index contributed by atoms with van der Waals surface area (Å²) in [6, 6.07) is 10.6. The summed E-state index contributed by atoms with van der Waals surface area (Å²) in [7, 11) is 0. The van der Waals surface area contributed by atoms with Gasteiger partial charge in [0.25, 0.3) is 5.91 Å². The lowest BCUT2D eigenvalue weighted by Gasteiger charge is -2.16. The maximum absolute atomic E-state index is 11.9. The van der Waals surface area contributed by atoms with Crippen molar-refractivity contribution < 1.29 is 4.79 Å². The van der Waals surface area contributed by atoms with Crippen molar-refractivity contribution in [2.75, 3.05) is 26.2 Å². The van der Waals surface area contributed by atoms with Crippen LogP contribution in [0.1, 0.15) is 34.1 Å². The van der Waals surface area contributed by atoms with Crippen LogP contribution in [0, 0.1) is 6.92 Å². The molecule has 22 heavy (non-hydrogen) atoms. The molecule has 1 fully saturated rings. The fraction of sp³-hybridized carbons (Fsp3) is 0.438. The lowest BCUT2D eigenvalue weighted by molar-refractivity contribution is 0.0944. The Morgan fingerprint density at radius 3 is 2.91 bits per heavy atom. The normalized spacial score (nSPS) is 18.5. The van der Waals surface area contributed by atoms with Crippen LogP contribution in [-0.4, -0.2) is 52.4 Å². The first kappa shape index (κ1) is 14.7. The van der Waals surface area contributed by atoms with E-state index in [1.807, 2.05) is 0 Å². The molecule has 1 amide bonds. The Labute approximate surface area is 129 Å². The summed E-state index contributed by atoms with van der Waals surface area (Å²) in [6.45, 7) is 5.41. The van der Waals surface area contributed by atoms with E-state index in [0.29, 0.717) is 23.9 Å². The Balaban J connectivity index is 1.44. The number of aromatic nitrogens is 3. The molecule has 6 heteroatoms. The van der Waals surface area contributed by atoms with E-state index < -0.39 is 0 Å². The number of hydrogen-bond acceptors (Lipinski definition) is 4. The molecule has 1 aliphatic heterocycles. The maximum Gasteiger partial charge on any atom is 0.273 e. The van der Waals surface area contributed by atoms with Gasteiger partial charge in [-0.1, -0.05) is 30.3 Å². The molecule has 0 aliphatic carbocycles. The van der Waals surface area contributed by atoms with Crippen molar-refractivity contribution in [2.24, 2.45) is 0 Å². The molecule has 1 aliphatic rings. The minimum absolute atomic E-state index is 0.162. The van der Waals surface area contributed by atoms with Gasteiger partial charge in [0.15, 0.2) is 5.69 Å². The Morgan fingerprint density at radius 1 is 1.36 bits per heavy atom. The zero-order valence-electron chi connectivity index (χ0n) is 12.7. The highest BCUT2D eigenvalue weighted by molar-refractivity contribution is 5.93. The van der Waals surface area contributed by atoms with Crippen molar-refractivity contribution in [3.05, 3.63) is 47.3 Å². The third-order valence-electron chi connectivity index (χ3n) is 4.19. The average Bonchev–Trinajstić information content (AvgIpc) is 3.17. The van der Waals surface area contributed by atoms with Gasteiger partial charge < -0.3 is 10.2 Å². The van der Waals surface area contributed by atoms with Crippen molar-refractivity contribution >= 4 is 5.91 Å². The standard InChI is InChI=1S/C16H21N5O/c1-12-15(19-20-18-12)16(22)17-8-10-21-9-7-14(11-21)13-5-3-2-4-6-13/h2-6,14H,7-11H2,1H3,(H,17,22)(H,18,19,20). The Morgan fingerprint density at radius 2 is 2.18 bits per heavy atom. The van der Waals surface area contributed by atoms with Crippen LogP contribution in [0.5, 0.6) is 0 Å². The summed E-state index contributed by atoms with van der Waals surface area (Å²) in [5, 5.41) is 13.1. The lowest BCUT2D eigenvalue weighted by Crippen LogP contribution is -2.34. The van der Waals surface area contributed by atoms with Crippen LogP contribution < -0.4 is 5.32 Å². The largest absolute Gasteiger partial charge is 0.349 e. The van der Waals surface area contributed by atoms with Gasteiger partial charge in [-0.05, 0) is 31.4 Å². The smallest absolute Gasteiger partial charge is 0.273 e. The zero-order valence-corrected chi connectivity index (χ0v) is 12.7. The number of amides is 1. The second kappa shape index (κ2) is 6.70. The van der Waals surface area contributed by atoms with E-state index in [9.17, 15) is 4.79 Å². The first-order valence-corrected chi connectivity index (χ1v) is 7.67. The summed E-state index contributed by atoms with van der Waals surface area (Å²) in [5.74, 6) is 0.444. The number of carbonyl (C=O) groups excluding carboxylic acids is 1. The highest BCUT2D eigenvalue weighted by atomic mass is 16.2. The fourth-order valence-corrected chi connectivity index (χ4v) is 2.94. The van der Waals surface area contributed by atoms with Gasteiger partial charge in [-0.2, -0.15) is 15.4 Å². The topological polar surface area (TPSA) is 73.9 Å². The fourth-order valence-electron chi connectivity index (χ4n) is 2.94. The van der Waals surface area contributed by atoms with Crippen LogP contribution in [0.15, 0.2) is 30.3 Å². The van der Waals surface area contributed by atoms with Crippen LogP contribution in [0.3, 0.4) is 0 Å². The van der Waals surface area contributed by atoms with Crippen LogP contribution in [0.4, 0.5) is 0 Å². The van der Waals surface area contributed by atoms with Crippen molar-refractivity contribution in [1.29, 1.82) is 0 Å². The number of hydrogen-bond donors (Lipinski definition) is 2. The van der Waals surface area contributed by atoms with Gasteiger partial charge in [-0.25, -0.2) is 0 Å². The maximum atomic E-state index is 11.9. The Bertz CT molecular complexity index is 624. The predicted molar refractivity (Wildman–Crippen MR) is 83.7 cm³/mol. The number of aromatic amines is 1. The number of likely N-dealkylation sites (tertiary alicyclic amines) is 1. The molecule has 6 nitrogen and oxygen atoms in total. The molecule has 0 spiro atoms. The summed E-state index contributed by atoms with van der Waals surface area (Å²) >= 11 is 0. The molecule has 0 bridgehead atoms. The molecule has 2 heterocycles. The molecule has 2 aromatic rings. The van der Waals surface area contributed by atoms with E-state index in [-0.39, 0.29) is 5.91 Å². The SMILES string of the molecule is Cc1n[nH]nc1C(=O)NCCN1CCC(c2ccccc2)C1. The first-order chi connectivity index (χ1) is 10.7. The second-order valence-electron chi connectivity index (χ2n) is 5.71. The lowest BCUT2D eigenvalue weighted by atomic mass is 9.99. The quantitative estimate of drug-likeness (QED) is 0.873. The number of benzene rings is 1. The molecule has 2 N–H and O–H groups in total. The molecule has 0 saturated carbocycles. The van der Waals surface area contributed by atoms with Crippen molar-refractivity contribution in [1.82, 2.24) is 25.6 Å². The average molecular weight is 299 g/mol. The number of H-pyrrole nitrogens is 1. The number of rotatable bonds is 5. The van der Waals surface area contributed by atoms with Crippen LogP contribution >= 0.6 is 0 Å². The highest BCUT2D eigenvalue weighted by Gasteiger charge is 2.23. The van der Waals surface area contributed by atoms with Crippen molar-refractivity contribution in [2.45, 2.75) is 19.3 Å². The summed E-state index contributed by atoms with van der Waals surface area (Å²) in [6.07, 6.45) is 1.18. The molecule has 116 valence electrons. The summed E-state index contributed by atoms with van der Waals surface area (Å²) in [4.78, 5) is 14.3. The Hall–Kier alpha value is -2.21. The monoisotopic (exact) mass is 299 g/mol. The third-order valence-corrected chi connectivity index (χ3v) is 4.19. The highest BCUT2D eigenvalue weighted by Crippen LogP contribution is 2.26. The van der Waals surface area contributed by atoms with Crippen molar-refractivity contribution in [3.63, 3.8) is 0 Å². The molecule has 1 aromatic carbocycles. The van der Waals surface area contributed by atoms with Crippen LogP contribution in [0.25, 0.3) is 0 Å². The minimum Gasteiger partial charge on any atom is -0.349 e. The van der Waals surface area contributed by atoms with E-state index in [0.717, 1.165) is 19.6 Å². The van der Waals surface area contributed by atoms with E-state index in [2.05, 4.69) is 56.0 Å². The molecule has 1 aromatic heterocycles. The molecule has 0 radical (unpaired) electrons. The van der Waals surface area contributed by atoms with E-state index in [1.165, 1.54) is 12.0 Å². The van der Waals surface area contributed by atoms with Crippen LogP contribution in [-0.2, 0) is 0 Å².